The van der Waals surface area contributed by atoms with Gasteiger partial charge < -0.3 is 10.6 Å². The van der Waals surface area contributed by atoms with Gasteiger partial charge in [-0.3, -0.25) is 4.98 Å². The number of amides is 2. The van der Waals surface area contributed by atoms with Crippen molar-refractivity contribution in [3.63, 3.8) is 0 Å². The molecule has 1 aromatic rings. The summed E-state index contributed by atoms with van der Waals surface area (Å²) in [5.74, 6) is 0.182. The number of urea groups is 1. The minimum atomic E-state index is -2.97. The Morgan fingerprint density at radius 3 is 2.68 bits per heavy atom. The Hall–Kier alpha value is -1.63. The van der Waals surface area contributed by atoms with E-state index in [4.69, 9.17) is 0 Å². The molecule has 0 aromatic carbocycles. The van der Waals surface area contributed by atoms with Crippen molar-refractivity contribution in [2.24, 2.45) is 0 Å². The van der Waals surface area contributed by atoms with Gasteiger partial charge in [-0.2, -0.15) is 0 Å². The molecule has 7 heteroatoms. The zero-order valence-electron chi connectivity index (χ0n) is 10.7. The normalized spacial score (nSPS) is 22.7. The lowest BCUT2D eigenvalue weighted by Crippen LogP contribution is -2.43. The number of pyridine rings is 1. The number of hydrogen-bond donors (Lipinski definition) is 2. The van der Waals surface area contributed by atoms with Crippen LogP contribution in [0.25, 0.3) is 0 Å². The molecule has 6 nitrogen and oxygen atoms in total. The first-order valence-electron chi connectivity index (χ1n) is 6.14. The van der Waals surface area contributed by atoms with Crippen LogP contribution in [0.5, 0.6) is 0 Å². The molecule has 0 unspecified atom stereocenters. The Morgan fingerprint density at radius 2 is 2.11 bits per heavy atom. The molecular formula is C12H17N3O3S. The standard InChI is InChI=1S/C12H17N3O3S/c1-9(10-2-5-13-6-3-10)14-12(16)15-11-4-7-19(17,18)8-11/h2-3,5-6,9,11H,4,7-8H2,1H3,(H2,14,15,16)/t9-,11+/m0/s1. The lowest BCUT2D eigenvalue weighted by atomic mass is 10.1. The van der Waals surface area contributed by atoms with Crippen molar-refractivity contribution in [3.8, 4) is 0 Å². The average molecular weight is 283 g/mol. The van der Waals surface area contributed by atoms with E-state index in [1.807, 2.05) is 19.1 Å². The van der Waals surface area contributed by atoms with Crippen LogP contribution in [0.4, 0.5) is 4.79 Å². The highest BCUT2D eigenvalue weighted by molar-refractivity contribution is 7.91. The lowest BCUT2D eigenvalue weighted by Gasteiger charge is -2.17. The van der Waals surface area contributed by atoms with E-state index < -0.39 is 9.84 Å². The topological polar surface area (TPSA) is 88.2 Å². The number of carbonyl (C=O) groups is 1. The van der Waals surface area contributed by atoms with Crippen molar-refractivity contribution in [2.75, 3.05) is 11.5 Å². The fourth-order valence-electron chi connectivity index (χ4n) is 2.07. The highest BCUT2D eigenvalue weighted by Crippen LogP contribution is 2.12. The largest absolute Gasteiger partial charge is 0.334 e. The second-order valence-electron chi connectivity index (χ2n) is 4.72. The molecule has 0 radical (unpaired) electrons. The zero-order chi connectivity index (χ0) is 13.9. The van der Waals surface area contributed by atoms with E-state index in [0.29, 0.717) is 6.42 Å². The van der Waals surface area contributed by atoms with Crippen LogP contribution < -0.4 is 10.6 Å². The predicted molar refractivity (Wildman–Crippen MR) is 71.4 cm³/mol. The van der Waals surface area contributed by atoms with Crippen LogP contribution in [0, 0.1) is 0 Å². The number of carbonyl (C=O) groups excluding carboxylic acids is 1. The fourth-order valence-corrected chi connectivity index (χ4v) is 3.74. The number of rotatable bonds is 3. The molecule has 2 N–H and O–H groups in total. The van der Waals surface area contributed by atoms with Crippen molar-refractivity contribution < 1.29 is 13.2 Å². The number of sulfone groups is 1. The number of nitrogens with zero attached hydrogens (tertiary/aromatic N) is 1. The first-order chi connectivity index (χ1) is 8.96. The van der Waals surface area contributed by atoms with E-state index in [1.165, 1.54) is 0 Å². The summed E-state index contributed by atoms with van der Waals surface area (Å²) in [5, 5.41) is 5.47. The Kier molecular flexibility index (Phi) is 4.04. The van der Waals surface area contributed by atoms with Gasteiger partial charge in [-0.25, -0.2) is 13.2 Å². The molecule has 0 saturated carbocycles. The van der Waals surface area contributed by atoms with Crippen molar-refractivity contribution in [3.05, 3.63) is 30.1 Å². The molecule has 1 fully saturated rings. The molecule has 2 atom stereocenters. The summed E-state index contributed by atoms with van der Waals surface area (Å²) in [6.07, 6.45) is 3.81. The lowest BCUT2D eigenvalue weighted by molar-refractivity contribution is 0.235. The third kappa shape index (κ3) is 3.92. The van der Waals surface area contributed by atoms with Gasteiger partial charge in [-0.15, -0.1) is 0 Å². The third-order valence-electron chi connectivity index (χ3n) is 3.12. The quantitative estimate of drug-likeness (QED) is 0.851. The monoisotopic (exact) mass is 283 g/mol. The Labute approximate surface area is 112 Å². The molecule has 19 heavy (non-hydrogen) atoms. The maximum Gasteiger partial charge on any atom is 0.315 e. The van der Waals surface area contributed by atoms with E-state index in [9.17, 15) is 13.2 Å². The van der Waals surface area contributed by atoms with Gasteiger partial charge in [0.1, 0.15) is 0 Å². The summed E-state index contributed by atoms with van der Waals surface area (Å²) in [6, 6.07) is 2.87. The first kappa shape index (κ1) is 13.8. The van der Waals surface area contributed by atoms with Crippen molar-refractivity contribution in [2.45, 2.75) is 25.4 Å². The van der Waals surface area contributed by atoms with Crippen LogP contribution in [-0.2, 0) is 9.84 Å². The summed E-state index contributed by atoms with van der Waals surface area (Å²) in [5.41, 5.74) is 0.948. The summed E-state index contributed by atoms with van der Waals surface area (Å²) < 4.78 is 22.6. The molecule has 0 spiro atoms. The molecule has 0 bridgehead atoms. The molecule has 2 heterocycles. The minimum absolute atomic E-state index is 0.0318. The van der Waals surface area contributed by atoms with Gasteiger partial charge in [-0.05, 0) is 31.0 Å². The number of nitrogens with one attached hydrogen (secondary N) is 2. The molecular weight excluding hydrogens is 266 g/mol. The Balaban J connectivity index is 1.85. The van der Waals surface area contributed by atoms with E-state index in [-0.39, 0.29) is 29.6 Å². The van der Waals surface area contributed by atoms with Crippen LogP contribution in [0.2, 0.25) is 0 Å². The summed E-state index contributed by atoms with van der Waals surface area (Å²) in [6.45, 7) is 1.86. The van der Waals surface area contributed by atoms with Gasteiger partial charge >= 0.3 is 6.03 Å². The minimum Gasteiger partial charge on any atom is -0.334 e. The van der Waals surface area contributed by atoms with E-state index in [2.05, 4.69) is 15.6 Å². The van der Waals surface area contributed by atoms with E-state index in [0.717, 1.165) is 5.56 Å². The maximum atomic E-state index is 11.8. The van der Waals surface area contributed by atoms with Gasteiger partial charge in [0.05, 0.1) is 17.5 Å². The second-order valence-corrected chi connectivity index (χ2v) is 6.95. The van der Waals surface area contributed by atoms with Crippen LogP contribution in [-0.4, -0.2) is 37.0 Å². The van der Waals surface area contributed by atoms with E-state index in [1.54, 1.807) is 12.4 Å². The average Bonchev–Trinajstić information content (AvgIpc) is 2.69. The molecule has 0 aliphatic carbocycles. The summed E-state index contributed by atoms with van der Waals surface area (Å²) in [7, 11) is -2.97. The van der Waals surface area contributed by atoms with E-state index >= 15 is 0 Å². The number of hydrogen-bond acceptors (Lipinski definition) is 4. The maximum absolute atomic E-state index is 11.8. The van der Waals surface area contributed by atoms with Crippen molar-refractivity contribution >= 4 is 15.9 Å². The molecule has 1 saturated heterocycles. The third-order valence-corrected chi connectivity index (χ3v) is 4.89. The van der Waals surface area contributed by atoms with Crippen LogP contribution in [0.3, 0.4) is 0 Å². The molecule has 1 aliphatic heterocycles. The smallest absolute Gasteiger partial charge is 0.315 e. The molecule has 1 aromatic heterocycles. The van der Waals surface area contributed by atoms with Gasteiger partial charge in [0.15, 0.2) is 9.84 Å². The molecule has 2 rings (SSSR count). The zero-order valence-corrected chi connectivity index (χ0v) is 11.5. The molecule has 1 aliphatic rings. The van der Waals surface area contributed by atoms with Gasteiger partial charge in [-0.1, -0.05) is 0 Å². The SMILES string of the molecule is C[C@H](NC(=O)N[C@@H]1CCS(=O)(=O)C1)c1ccncc1. The van der Waals surface area contributed by atoms with Gasteiger partial charge in [0.25, 0.3) is 0 Å². The van der Waals surface area contributed by atoms with Gasteiger partial charge in [0, 0.05) is 18.4 Å². The molecule has 2 amide bonds. The van der Waals surface area contributed by atoms with Crippen molar-refractivity contribution in [1.29, 1.82) is 0 Å². The number of aromatic nitrogens is 1. The predicted octanol–water partition coefficient (Wildman–Crippen LogP) is 0.629. The summed E-state index contributed by atoms with van der Waals surface area (Å²) in [4.78, 5) is 15.7. The Bertz CT molecular complexity index is 545. The van der Waals surface area contributed by atoms with Crippen LogP contribution in [0.1, 0.15) is 24.9 Å². The van der Waals surface area contributed by atoms with Crippen molar-refractivity contribution in [1.82, 2.24) is 15.6 Å². The first-order valence-corrected chi connectivity index (χ1v) is 7.96. The summed E-state index contributed by atoms with van der Waals surface area (Å²) >= 11 is 0. The Morgan fingerprint density at radius 1 is 1.42 bits per heavy atom. The molecule has 104 valence electrons. The van der Waals surface area contributed by atoms with Gasteiger partial charge in [0.2, 0.25) is 0 Å². The van der Waals surface area contributed by atoms with Crippen LogP contribution in [0.15, 0.2) is 24.5 Å². The highest BCUT2D eigenvalue weighted by Gasteiger charge is 2.29. The fraction of sp³-hybridized carbons (Fsp3) is 0.500. The highest BCUT2D eigenvalue weighted by atomic mass is 32.2. The second kappa shape index (κ2) is 5.56. The van der Waals surface area contributed by atoms with Crippen LogP contribution >= 0.6 is 0 Å².